The Kier molecular flexibility index (Phi) is 2.64. The van der Waals surface area contributed by atoms with Crippen molar-refractivity contribution in [3.8, 4) is 0 Å². The van der Waals surface area contributed by atoms with Gasteiger partial charge in [-0.3, -0.25) is 0 Å². The van der Waals surface area contributed by atoms with E-state index in [0.717, 1.165) is 41.7 Å². The zero-order chi connectivity index (χ0) is 14.4. The van der Waals surface area contributed by atoms with E-state index in [9.17, 15) is 4.39 Å². The zero-order valence-electron chi connectivity index (χ0n) is 11.6. The first-order chi connectivity index (χ1) is 10.2. The summed E-state index contributed by atoms with van der Waals surface area (Å²) in [6, 6.07) is 11.1. The fourth-order valence-corrected chi connectivity index (χ4v) is 3.17. The molecule has 0 fully saturated rings. The van der Waals surface area contributed by atoms with Crippen LogP contribution in [0.2, 0.25) is 0 Å². The first-order valence-corrected chi connectivity index (χ1v) is 7.10. The normalized spacial score (nSPS) is 14.4. The molecular formula is C17H16FN3. The molecule has 2 heterocycles. The molecule has 3 nitrogen and oxygen atoms in total. The third kappa shape index (κ3) is 1.95. The summed E-state index contributed by atoms with van der Waals surface area (Å²) in [6.07, 6.45) is 2.78. The Morgan fingerprint density at radius 2 is 2.00 bits per heavy atom. The second kappa shape index (κ2) is 4.52. The van der Waals surface area contributed by atoms with Crippen molar-refractivity contribution in [1.82, 2.24) is 4.98 Å². The molecule has 2 aromatic carbocycles. The van der Waals surface area contributed by atoms with Crippen LogP contribution in [0.25, 0.3) is 10.9 Å². The second-order valence-corrected chi connectivity index (χ2v) is 5.52. The Morgan fingerprint density at radius 1 is 1.10 bits per heavy atom. The number of hydrogen-bond donors (Lipinski definition) is 2. The highest BCUT2D eigenvalue weighted by Crippen LogP contribution is 2.33. The van der Waals surface area contributed by atoms with Crippen LogP contribution in [0.1, 0.15) is 11.1 Å². The zero-order valence-corrected chi connectivity index (χ0v) is 11.6. The average Bonchev–Trinajstić information content (AvgIpc) is 2.98. The number of anilines is 2. The Labute approximate surface area is 122 Å². The molecule has 0 saturated carbocycles. The molecule has 0 aliphatic carbocycles. The minimum Gasteiger partial charge on any atom is -0.397 e. The summed E-state index contributed by atoms with van der Waals surface area (Å²) >= 11 is 0. The van der Waals surface area contributed by atoms with Crippen LogP contribution in [0.5, 0.6) is 0 Å². The molecule has 3 N–H and O–H groups in total. The van der Waals surface area contributed by atoms with Gasteiger partial charge in [0.05, 0.1) is 11.2 Å². The number of benzene rings is 2. The van der Waals surface area contributed by atoms with Crippen LogP contribution in [-0.2, 0) is 13.0 Å². The van der Waals surface area contributed by atoms with Crippen LogP contribution in [0.15, 0.2) is 42.6 Å². The third-order valence-electron chi connectivity index (χ3n) is 4.25. The summed E-state index contributed by atoms with van der Waals surface area (Å²) in [4.78, 5) is 5.52. The number of nitrogen functional groups attached to an aromatic ring is 1. The lowest BCUT2D eigenvalue weighted by molar-refractivity contribution is 0.619. The Morgan fingerprint density at radius 3 is 2.90 bits per heavy atom. The number of aromatic amines is 1. The second-order valence-electron chi connectivity index (χ2n) is 5.52. The van der Waals surface area contributed by atoms with Crippen LogP contribution in [0.4, 0.5) is 15.8 Å². The van der Waals surface area contributed by atoms with Gasteiger partial charge in [-0.05, 0) is 47.9 Å². The lowest BCUT2D eigenvalue weighted by atomic mass is 9.98. The van der Waals surface area contributed by atoms with Crippen molar-refractivity contribution in [2.24, 2.45) is 0 Å². The topological polar surface area (TPSA) is 45.0 Å². The lowest BCUT2D eigenvalue weighted by Gasteiger charge is -2.31. The molecule has 0 saturated heterocycles. The molecule has 1 aliphatic heterocycles. The summed E-state index contributed by atoms with van der Waals surface area (Å²) < 4.78 is 13.3. The fourth-order valence-electron chi connectivity index (χ4n) is 3.17. The molecule has 1 aromatic heterocycles. The highest BCUT2D eigenvalue weighted by atomic mass is 19.1. The van der Waals surface area contributed by atoms with E-state index in [1.807, 2.05) is 18.3 Å². The van der Waals surface area contributed by atoms with Crippen LogP contribution in [0, 0.1) is 5.82 Å². The van der Waals surface area contributed by atoms with Crippen molar-refractivity contribution in [2.45, 2.75) is 13.0 Å². The first kappa shape index (κ1) is 12.3. The van der Waals surface area contributed by atoms with Gasteiger partial charge in [0.1, 0.15) is 5.82 Å². The maximum atomic E-state index is 13.3. The van der Waals surface area contributed by atoms with Gasteiger partial charge >= 0.3 is 0 Å². The van der Waals surface area contributed by atoms with Crippen LogP contribution in [-0.4, -0.2) is 11.5 Å². The van der Waals surface area contributed by atoms with E-state index in [1.54, 1.807) is 6.07 Å². The van der Waals surface area contributed by atoms with Gasteiger partial charge in [0.25, 0.3) is 0 Å². The molecule has 106 valence electrons. The monoisotopic (exact) mass is 281 g/mol. The molecule has 0 atom stereocenters. The van der Waals surface area contributed by atoms with Crippen LogP contribution in [0.3, 0.4) is 0 Å². The molecule has 0 bridgehead atoms. The van der Waals surface area contributed by atoms with Gasteiger partial charge in [0.15, 0.2) is 0 Å². The molecule has 1 aliphatic rings. The van der Waals surface area contributed by atoms with Gasteiger partial charge in [-0.15, -0.1) is 0 Å². The van der Waals surface area contributed by atoms with E-state index in [-0.39, 0.29) is 5.82 Å². The SMILES string of the molecule is Nc1ccc(N2CCc3cc(F)ccc3C2)c2cc[nH]c12. The number of nitrogens with two attached hydrogens (primary N) is 1. The van der Waals surface area contributed by atoms with Crippen LogP contribution < -0.4 is 10.6 Å². The number of halogens is 1. The van der Waals surface area contributed by atoms with Gasteiger partial charge in [0.2, 0.25) is 0 Å². The molecule has 0 unspecified atom stereocenters. The Balaban J connectivity index is 1.76. The van der Waals surface area contributed by atoms with E-state index in [0.29, 0.717) is 0 Å². The van der Waals surface area contributed by atoms with E-state index in [2.05, 4.69) is 22.0 Å². The predicted molar refractivity (Wildman–Crippen MR) is 83.9 cm³/mol. The smallest absolute Gasteiger partial charge is 0.123 e. The van der Waals surface area contributed by atoms with Crippen molar-refractivity contribution in [3.05, 3.63) is 59.5 Å². The minimum absolute atomic E-state index is 0.150. The van der Waals surface area contributed by atoms with Crippen molar-refractivity contribution < 1.29 is 4.39 Å². The van der Waals surface area contributed by atoms with Crippen molar-refractivity contribution in [1.29, 1.82) is 0 Å². The summed E-state index contributed by atoms with van der Waals surface area (Å²) in [6.45, 7) is 1.69. The molecule has 21 heavy (non-hydrogen) atoms. The van der Waals surface area contributed by atoms with Crippen molar-refractivity contribution >= 4 is 22.3 Å². The summed E-state index contributed by atoms with van der Waals surface area (Å²) in [5, 5.41) is 1.14. The number of hydrogen-bond acceptors (Lipinski definition) is 2. The van der Waals surface area contributed by atoms with E-state index < -0.39 is 0 Å². The summed E-state index contributed by atoms with van der Waals surface area (Å²) in [5.74, 6) is -0.150. The standard InChI is InChI=1S/C17H16FN3/c18-13-2-1-12-10-21(8-6-11(12)9-13)16-4-3-15(19)17-14(16)5-7-20-17/h1-5,7,9,20H,6,8,10,19H2. The number of fused-ring (bicyclic) bond motifs is 2. The van der Waals surface area contributed by atoms with Gasteiger partial charge < -0.3 is 15.6 Å². The van der Waals surface area contributed by atoms with Gasteiger partial charge in [-0.25, -0.2) is 4.39 Å². The van der Waals surface area contributed by atoms with Gasteiger partial charge in [-0.2, -0.15) is 0 Å². The first-order valence-electron chi connectivity index (χ1n) is 7.10. The van der Waals surface area contributed by atoms with E-state index in [4.69, 9.17) is 5.73 Å². The predicted octanol–water partition coefficient (Wildman–Crippen LogP) is 3.45. The van der Waals surface area contributed by atoms with Gasteiger partial charge in [-0.1, -0.05) is 6.07 Å². The minimum atomic E-state index is -0.150. The molecule has 0 spiro atoms. The summed E-state index contributed by atoms with van der Waals surface area (Å²) in [7, 11) is 0. The molecule has 3 aromatic rings. The van der Waals surface area contributed by atoms with Crippen LogP contribution >= 0.6 is 0 Å². The quantitative estimate of drug-likeness (QED) is 0.671. The highest BCUT2D eigenvalue weighted by Gasteiger charge is 2.19. The number of H-pyrrole nitrogens is 1. The molecule has 4 heteroatoms. The Bertz CT molecular complexity index is 822. The van der Waals surface area contributed by atoms with Crippen molar-refractivity contribution in [3.63, 3.8) is 0 Å². The molecular weight excluding hydrogens is 265 g/mol. The summed E-state index contributed by atoms with van der Waals surface area (Å²) in [5.41, 5.74) is 11.2. The number of nitrogens with one attached hydrogen (secondary N) is 1. The third-order valence-corrected chi connectivity index (χ3v) is 4.25. The van der Waals surface area contributed by atoms with Crippen molar-refractivity contribution in [2.75, 3.05) is 17.2 Å². The maximum absolute atomic E-state index is 13.3. The number of aromatic nitrogens is 1. The lowest BCUT2D eigenvalue weighted by Crippen LogP contribution is -2.30. The molecule has 0 amide bonds. The Hall–Kier alpha value is -2.49. The molecule has 4 rings (SSSR count). The fraction of sp³-hybridized carbons (Fsp3) is 0.176. The largest absolute Gasteiger partial charge is 0.397 e. The van der Waals surface area contributed by atoms with Gasteiger partial charge in [0, 0.05) is 30.4 Å². The maximum Gasteiger partial charge on any atom is 0.123 e. The average molecular weight is 281 g/mol. The van der Waals surface area contributed by atoms with E-state index >= 15 is 0 Å². The number of nitrogens with zero attached hydrogens (tertiary/aromatic N) is 1. The highest BCUT2D eigenvalue weighted by molar-refractivity contribution is 5.99. The molecule has 0 radical (unpaired) electrons. The number of rotatable bonds is 1. The van der Waals surface area contributed by atoms with E-state index in [1.165, 1.54) is 17.3 Å².